The minimum absolute atomic E-state index is 0.298. The van der Waals surface area contributed by atoms with E-state index in [-0.39, 0.29) is 5.94 Å². The molecule has 5 heteroatoms. The summed E-state index contributed by atoms with van der Waals surface area (Å²) in [6, 6.07) is 0. The lowest BCUT2D eigenvalue weighted by Gasteiger charge is -2.23. The molecule has 0 aliphatic rings. The summed E-state index contributed by atoms with van der Waals surface area (Å²) in [5.74, 6) is -0.298. The average molecular weight is 223 g/mol. The van der Waals surface area contributed by atoms with E-state index >= 15 is 0 Å². The first-order valence-corrected chi connectivity index (χ1v) is 6.22. The summed E-state index contributed by atoms with van der Waals surface area (Å²) in [7, 11) is -3.34. The van der Waals surface area contributed by atoms with Gasteiger partial charge in [0.25, 0.3) is 0 Å². The molecule has 0 aromatic carbocycles. The monoisotopic (exact) mass is 223 g/mol. The van der Waals surface area contributed by atoms with Crippen LogP contribution in [0.1, 0.15) is 41.5 Å². The van der Waals surface area contributed by atoms with Crippen molar-refractivity contribution in [2.75, 3.05) is 5.94 Å². The van der Waals surface area contributed by atoms with E-state index in [0.717, 1.165) is 0 Å². The fourth-order valence-electron chi connectivity index (χ4n) is 0.750. The van der Waals surface area contributed by atoms with Crippen LogP contribution in [0.5, 0.6) is 0 Å². The molecular weight excluding hydrogens is 202 g/mol. The first-order valence-electron chi connectivity index (χ1n) is 4.57. The Balaban J connectivity index is 4.25. The molecule has 0 unspecified atom stereocenters. The summed E-state index contributed by atoms with van der Waals surface area (Å²) in [4.78, 5) is 0. The van der Waals surface area contributed by atoms with Gasteiger partial charge in [-0.15, -0.1) is 0 Å². The van der Waals surface area contributed by atoms with E-state index in [1.54, 1.807) is 20.8 Å². The van der Waals surface area contributed by atoms with E-state index in [2.05, 4.69) is 4.72 Å². The van der Waals surface area contributed by atoms with Gasteiger partial charge in [0.05, 0.1) is 5.60 Å². The van der Waals surface area contributed by atoms with Crippen LogP contribution < -0.4 is 4.72 Å². The first kappa shape index (κ1) is 13.9. The number of hydrogen-bond donors (Lipinski definition) is 1. The third kappa shape index (κ3) is 8.47. The van der Waals surface area contributed by atoms with Gasteiger partial charge in [0.2, 0.25) is 10.0 Å². The van der Waals surface area contributed by atoms with Crippen molar-refractivity contribution in [2.45, 2.75) is 52.7 Å². The van der Waals surface area contributed by atoms with Gasteiger partial charge in [-0.1, -0.05) is 0 Å². The second-order valence-corrected chi connectivity index (χ2v) is 7.01. The molecule has 0 aromatic rings. The Kier molecular flexibility index (Phi) is 4.12. The quantitative estimate of drug-likeness (QED) is 0.788. The third-order valence-electron chi connectivity index (χ3n) is 1.11. The van der Waals surface area contributed by atoms with Crippen molar-refractivity contribution in [1.29, 1.82) is 0 Å². The molecule has 0 spiro atoms. The number of ether oxygens (including phenoxy) is 1. The predicted octanol–water partition coefficient (Wildman–Crippen LogP) is 1.48. The van der Waals surface area contributed by atoms with Crippen LogP contribution in [0, 0.1) is 0 Å². The van der Waals surface area contributed by atoms with Crippen LogP contribution >= 0.6 is 0 Å². The molecule has 0 aliphatic carbocycles. The molecule has 1 N–H and O–H groups in total. The highest BCUT2D eigenvalue weighted by molar-refractivity contribution is 7.89. The summed E-state index contributed by atoms with van der Waals surface area (Å²) < 4.78 is 30.6. The molecule has 86 valence electrons. The van der Waals surface area contributed by atoms with Crippen LogP contribution in [0.25, 0.3) is 0 Å². The van der Waals surface area contributed by atoms with Crippen LogP contribution in [-0.2, 0) is 14.8 Å². The Bertz CT molecular complexity index is 269. The van der Waals surface area contributed by atoms with Crippen molar-refractivity contribution >= 4 is 10.0 Å². The normalized spacial score (nSPS) is 14.4. The maximum atomic E-state index is 11.5. The molecule has 0 saturated heterocycles. The zero-order valence-electron chi connectivity index (χ0n) is 9.84. The Morgan fingerprint density at radius 1 is 1.07 bits per heavy atom. The van der Waals surface area contributed by atoms with Gasteiger partial charge in [0, 0.05) is 5.54 Å². The lowest BCUT2D eigenvalue weighted by atomic mass is 10.1. The summed E-state index contributed by atoms with van der Waals surface area (Å²) in [6.07, 6.45) is 0. The highest BCUT2D eigenvalue weighted by Crippen LogP contribution is 2.09. The zero-order chi connectivity index (χ0) is 11.6. The average Bonchev–Trinajstić information content (AvgIpc) is 1.76. The maximum Gasteiger partial charge on any atom is 0.236 e. The maximum absolute atomic E-state index is 11.5. The van der Waals surface area contributed by atoms with E-state index in [0.29, 0.717) is 0 Å². The van der Waals surface area contributed by atoms with Gasteiger partial charge in [0.15, 0.2) is 5.94 Å². The topological polar surface area (TPSA) is 55.4 Å². The van der Waals surface area contributed by atoms with Gasteiger partial charge >= 0.3 is 0 Å². The molecule has 0 aromatic heterocycles. The minimum atomic E-state index is -3.34. The van der Waals surface area contributed by atoms with Gasteiger partial charge in [-0.3, -0.25) is 0 Å². The van der Waals surface area contributed by atoms with Gasteiger partial charge in [0.1, 0.15) is 0 Å². The third-order valence-corrected chi connectivity index (χ3v) is 2.46. The van der Waals surface area contributed by atoms with Crippen LogP contribution in [-0.4, -0.2) is 25.5 Å². The molecule has 4 nitrogen and oxygen atoms in total. The van der Waals surface area contributed by atoms with E-state index < -0.39 is 21.2 Å². The van der Waals surface area contributed by atoms with Crippen molar-refractivity contribution in [3.05, 3.63) is 0 Å². The molecule has 0 rings (SSSR count). The number of sulfonamides is 1. The van der Waals surface area contributed by atoms with Gasteiger partial charge in [-0.2, -0.15) is 0 Å². The summed E-state index contributed by atoms with van der Waals surface area (Å²) >= 11 is 0. The second kappa shape index (κ2) is 4.16. The fraction of sp³-hybridized carbons (Fsp3) is 1.00. The van der Waals surface area contributed by atoms with E-state index in [4.69, 9.17) is 4.74 Å². The Labute approximate surface area is 87.1 Å². The largest absolute Gasteiger partial charge is 0.359 e. The Hall–Kier alpha value is -0.130. The van der Waals surface area contributed by atoms with Crippen molar-refractivity contribution in [2.24, 2.45) is 0 Å². The lowest BCUT2D eigenvalue weighted by molar-refractivity contribution is 0.0247. The van der Waals surface area contributed by atoms with Crippen LogP contribution in [0.3, 0.4) is 0 Å². The lowest BCUT2D eigenvalue weighted by Crippen LogP contribution is -2.43. The van der Waals surface area contributed by atoms with Gasteiger partial charge < -0.3 is 4.74 Å². The molecule has 14 heavy (non-hydrogen) atoms. The van der Waals surface area contributed by atoms with Crippen LogP contribution in [0.4, 0.5) is 0 Å². The molecule has 0 bridgehead atoms. The van der Waals surface area contributed by atoms with Gasteiger partial charge in [-0.05, 0) is 41.5 Å². The highest BCUT2D eigenvalue weighted by Gasteiger charge is 2.22. The first-order chi connectivity index (χ1) is 5.91. The Morgan fingerprint density at radius 2 is 1.50 bits per heavy atom. The van der Waals surface area contributed by atoms with Crippen molar-refractivity contribution in [1.82, 2.24) is 4.72 Å². The number of rotatable bonds is 3. The molecule has 0 heterocycles. The Morgan fingerprint density at radius 3 is 1.79 bits per heavy atom. The number of nitrogens with one attached hydrogen (secondary N) is 1. The van der Waals surface area contributed by atoms with E-state index in [1.807, 2.05) is 20.8 Å². The summed E-state index contributed by atoms with van der Waals surface area (Å²) in [6.45, 7) is 10.8. The minimum Gasteiger partial charge on any atom is -0.359 e. The van der Waals surface area contributed by atoms with E-state index in [9.17, 15) is 8.42 Å². The predicted molar refractivity (Wildman–Crippen MR) is 57.5 cm³/mol. The standard InChI is InChI=1S/C9H21NO3S/c1-8(2,3)10-14(11,12)7-13-9(4,5)6/h10H,7H2,1-6H3. The second-order valence-electron chi connectivity index (χ2n) is 5.34. The van der Waals surface area contributed by atoms with Crippen molar-refractivity contribution < 1.29 is 13.2 Å². The van der Waals surface area contributed by atoms with Crippen LogP contribution in [0.2, 0.25) is 0 Å². The SMILES string of the molecule is CC(C)(C)NS(=O)(=O)COC(C)(C)C. The highest BCUT2D eigenvalue weighted by atomic mass is 32.2. The van der Waals surface area contributed by atoms with Gasteiger partial charge in [-0.25, -0.2) is 13.1 Å². The van der Waals surface area contributed by atoms with Crippen LogP contribution in [0.15, 0.2) is 0 Å². The summed E-state index contributed by atoms with van der Waals surface area (Å²) in [5.41, 5.74) is -0.896. The molecule has 0 saturated carbocycles. The van der Waals surface area contributed by atoms with Crippen molar-refractivity contribution in [3.8, 4) is 0 Å². The molecular formula is C9H21NO3S. The van der Waals surface area contributed by atoms with Crippen molar-refractivity contribution in [3.63, 3.8) is 0 Å². The smallest absolute Gasteiger partial charge is 0.236 e. The summed E-state index contributed by atoms with van der Waals surface area (Å²) in [5, 5.41) is 0. The zero-order valence-corrected chi connectivity index (χ0v) is 10.7. The number of hydrogen-bond acceptors (Lipinski definition) is 3. The molecule has 0 aliphatic heterocycles. The molecule has 0 fully saturated rings. The fourth-order valence-corrected chi connectivity index (χ4v) is 2.25. The molecule has 0 radical (unpaired) electrons. The molecule has 0 amide bonds. The molecule has 0 atom stereocenters. The van der Waals surface area contributed by atoms with E-state index in [1.165, 1.54) is 0 Å².